The van der Waals surface area contributed by atoms with Crippen LogP contribution in [0.4, 0.5) is 5.69 Å². The summed E-state index contributed by atoms with van der Waals surface area (Å²) in [4.78, 5) is 38.5. The summed E-state index contributed by atoms with van der Waals surface area (Å²) in [5.74, 6) is -1.21. The van der Waals surface area contributed by atoms with Crippen LogP contribution < -0.4 is 21.8 Å². The molecule has 1 saturated carbocycles. The van der Waals surface area contributed by atoms with Crippen molar-refractivity contribution in [3.05, 3.63) is 29.8 Å². The second kappa shape index (κ2) is 8.67. The Morgan fingerprint density at radius 3 is 2.52 bits per heavy atom. The Kier molecular flexibility index (Phi) is 6.53. The van der Waals surface area contributed by atoms with Gasteiger partial charge in [0.25, 0.3) is 5.71 Å². The summed E-state index contributed by atoms with van der Waals surface area (Å²) in [7, 11) is 0. The van der Waals surface area contributed by atoms with Crippen molar-refractivity contribution in [3.63, 3.8) is 0 Å². The number of nitrogens with two attached hydrogens (primary N) is 2. The molecule has 2 atom stereocenters. The highest BCUT2D eigenvalue weighted by Gasteiger charge is 2.69. The van der Waals surface area contributed by atoms with Gasteiger partial charge in [-0.1, -0.05) is 26.0 Å². The van der Waals surface area contributed by atoms with Crippen molar-refractivity contribution < 1.29 is 19.8 Å². The zero-order valence-electron chi connectivity index (χ0n) is 17.6. The summed E-state index contributed by atoms with van der Waals surface area (Å²) in [5.41, 5.74) is 5.85. The van der Waals surface area contributed by atoms with E-state index in [0.717, 1.165) is 6.42 Å². The van der Waals surface area contributed by atoms with E-state index in [4.69, 9.17) is 34.3 Å². The highest BCUT2D eigenvalue weighted by molar-refractivity contribution is 6.51. The summed E-state index contributed by atoms with van der Waals surface area (Å²) < 4.78 is -0.855. The molecule has 1 saturated heterocycles. The highest BCUT2D eigenvalue weighted by Crippen LogP contribution is 2.68. The van der Waals surface area contributed by atoms with Gasteiger partial charge in [0.15, 0.2) is 0 Å². The van der Waals surface area contributed by atoms with Gasteiger partial charge in [0.2, 0.25) is 11.8 Å². The summed E-state index contributed by atoms with van der Waals surface area (Å²) >= 11 is 12.6. The number of hydrogen-bond donors (Lipinski definition) is 4. The zero-order chi connectivity index (χ0) is 23.0. The summed E-state index contributed by atoms with van der Waals surface area (Å²) in [6, 6.07) is 6.29. The molecule has 3 amide bonds. The maximum absolute atomic E-state index is 12.8. The Labute approximate surface area is 191 Å². The van der Waals surface area contributed by atoms with Crippen molar-refractivity contribution in [1.82, 2.24) is 10.2 Å². The van der Waals surface area contributed by atoms with Crippen molar-refractivity contribution >= 4 is 52.3 Å². The Morgan fingerprint density at radius 1 is 1.26 bits per heavy atom. The van der Waals surface area contributed by atoms with Crippen LogP contribution in [0, 0.1) is 11.3 Å². The van der Waals surface area contributed by atoms with Gasteiger partial charge >= 0.3 is 5.91 Å². The second-order valence-corrected chi connectivity index (χ2v) is 9.95. The third-order valence-corrected chi connectivity index (χ3v) is 7.85. The van der Waals surface area contributed by atoms with Crippen molar-refractivity contribution in [3.8, 4) is 0 Å². The van der Waals surface area contributed by atoms with E-state index in [9.17, 15) is 14.4 Å². The Bertz CT molecular complexity index is 904. The van der Waals surface area contributed by atoms with Gasteiger partial charge in [0, 0.05) is 30.1 Å². The normalized spacial score (nSPS) is 23.2. The molecule has 1 aliphatic heterocycles. The van der Waals surface area contributed by atoms with E-state index in [1.807, 2.05) is 13.8 Å². The van der Waals surface area contributed by atoms with Crippen LogP contribution in [0.25, 0.3) is 0 Å². The number of anilines is 1. The van der Waals surface area contributed by atoms with Crippen LogP contribution in [-0.2, 0) is 14.4 Å². The largest absolute Gasteiger partial charge is 0.375 e. The van der Waals surface area contributed by atoms with Crippen LogP contribution in [0.5, 0.6) is 0 Å². The first-order valence-electron chi connectivity index (χ1n) is 10.2. The van der Waals surface area contributed by atoms with Crippen molar-refractivity contribution in [2.45, 2.75) is 37.1 Å². The number of carbonyl (C=O) groups excluding carboxylic acids is 3. The van der Waals surface area contributed by atoms with Crippen LogP contribution in [0.2, 0.25) is 0 Å². The fourth-order valence-corrected chi connectivity index (χ4v) is 4.93. The second-order valence-electron chi connectivity index (χ2n) is 8.56. The molecule has 31 heavy (non-hydrogen) atoms. The molecule has 2 aliphatic rings. The Morgan fingerprint density at radius 2 is 1.90 bits per heavy atom. The molecule has 1 aromatic carbocycles. The van der Waals surface area contributed by atoms with Gasteiger partial charge in [0.1, 0.15) is 10.4 Å². The minimum absolute atomic E-state index is 0.0389. The van der Waals surface area contributed by atoms with E-state index in [-0.39, 0.29) is 35.4 Å². The van der Waals surface area contributed by atoms with Crippen molar-refractivity contribution in [2.75, 3.05) is 25.0 Å². The molecule has 1 aromatic rings. The number of primary amides is 1. The first-order valence-corrected chi connectivity index (χ1v) is 10.9. The molecule has 168 valence electrons. The number of likely N-dealkylation sites (tertiary alicyclic amines) is 1. The Hall–Kier alpha value is -2.32. The molecule has 3 rings (SSSR count). The zero-order valence-corrected chi connectivity index (χ0v) is 19.1. The van der Waals surface area contributed by atoms with Crippen LogP contribution in [0.3, 0.4) is 0 Å². The number of carbonyl (C=O) groups is 3. The fourth-order valence-electron chi connectivity index (χ4n) is 4.08. The lowest BCUT2D eigenvalue weighted by Gasteiger charge is -2.24. The van der Waals surface area contributed by atoms with E-state index >= 15 is 0 Å². The molecule has 1 aliphatic carbocycles. The quantitative estimate of drug-likeness (QED) is 0.317. The number of nitrogens with one attached hydrogen (secondary N) is 2. The molecule has 0 aromatic heterocycles. The van der Waals surface area contributed by atoms with E-state index < -0.39 is 16.3 Å². The lowest BCUT2D eigenvalue weighted by atomic mass is 10.1. The lowest BCUT2D eigenvalue weighted by Crippen LogP contribution is -2.49. The topological polar surface area (TPSA) is 130 Å². The molecular weight excluding hydrogens is 441 g/mol. The number of para-hydroxylation sites is 1. The molecule has 0 spiro atoms. The van der Waals surface area contributed by atoms with Gasteiger partial charge in [-0.2, -0.15) is 0 Å². The maximum Gasteiger partial charge on any atom is 0.313 e. The van der Waals surface area contributed by atoms with Gasteiger partial charge in [-0.25, -0.2) is 5.41 Å². The number of hydrogen-bond acceptors (Lipinski definition) is 4. The number of benzene rings is 1. The molecule has 0 bridgehead atoms. The third kappa shape index (κ3) is 4.50. The minimum Gasteiger partial charge on any atom is -0.375 e. The summed E-state index contributed by atoms with van der Waals surface area (Å²) in [5, 5.41) is 11.7. The lowest BCUT2D eigenvalue weighted by molar-refractivity contribution is -0.137. The van der Waals surface area contributed by atoms with Crippen LogP contribution in [0.1, 0.15) is 32.3 Å². The molecule has 0 radical (unpaired) electrons. The Balaban J connectivity index is 1.58. The molecule has 1 heterocycles. The average molecular weight is 469 g/mol. The summed E-state index contributed by atoms with van der Waals surface area (Å²) in [6.07, 6.45) is 1.34. The molecule has 2 fully saturated rings. The van der Waals surface area contributed by atoms with Crippen molar-refractivity contribution in [2.24, 2.45) is 17.1 Å². The molecule has 10 heteroatoms. The molecule has 6 N–H and O–H groups in total. The van der Waals surface area contributed by atoms with Crippen molar-refractivity contribution in [1.29, 1.82) is 0 Å². The molecule has 8 nitrogen and oxygen atoms in total. The van der Waals surface area contributed by atoms with Gasteiger partial charge in [-0.15, -0.1) is 23.2 Å². The van der Waals surface area contributed by atoms with E-state index in [1.54, 1.807) is 29.2 Å². The van der Waals surface area contributed by atoms with E-state index in [1.165, 1.54) is 0 Å². The van der Waals surface area contributed by atoms with Gasteiger partial charge in [-0.3, -0.25) is 14.4 Å². The minimum atomic E-state index is -0.855. The number of nitrogens with zero attached hydrogens (tertiary/aromatic N) is 1. The van der Waals surface area contributed by atoms with Crippen LogP contribution in [-0.4, -0.2) is 58.3 Å². The van der Waals surface area contributed by atoms with Crippen LogP contribution in [0.15, 0.2) is 24.3 Å². The highest BCUT2D eigenvalue weighted by atomic mass is 35.5. The van der Waals surface area contributed by atoms with E-state index in [0.29, 0.717) is 30.8 Å². The number of amides is 3. The number of rotatable bonds is 8. The predicted octanol–water partition coefficient (Wildman–Crippen LogP) is 0.0691. The van der Waals surface area contributed by atoms with Gasteiger partial charge < -0.3 is 21.3 Å². The fraction of sp³-hybridized carbons (Fsp3) is 0.524. The van der Waals surface area contributed by atoms with Crippen LogP contribution >= 0.6 is 23.2 Å². The first-order chi connectivity index (χ1) is 14.5. The molecule has 0 unspecified atom stereocenters. The first kappa shape index (κ1) is 23.3. The molecular formula is C21H28Cl2N5O3+. The average Bonchev–Trinajstić information content (AvgIpc) is 3.07. The van der Waals surface area contributed by atoms with Gasteiger partial charge in [-0.05, 0) is 25.0 Å². The summed E-state index contributed by atoms with van der Waals surface area (Å²) in [6.45, 7) is 4.74. The third-order valence-electron chi connectivity index (χ3n) is 6.35. The monoisotopic (exact) mass is 468 g/mol. The maximum atomic E-state index is 12.8. The number of alkyl halides is 2. The standard InChI is InChI=1S/C21H27Cl2N5O3/c1-20(2)15(21(20,22)23)10-27-19(31)14-8-5-9-28(14)16(29)11-26-13-7-4-3-6-12(13)17(24)18(25)30/h3-4,6-7,14-15,24,26H,5,8-11H2,1-2H3,(H2,25,30)(H,27,31)/p+1/t14-,15-/m0/s1. The number of halogens is 2. The smallest absolute Gasteiger partial charge is 0.313 e. The van der Waals surface area contributed by atoms with Gasteiger partial charge in [0.05, 0.1) is 12.1 Å². The predicted molar refractivity (Wildman–Crippen MR) is 120 cm³/mol. The van der Waals surface area contributed by atoms with E-state index in [2.05, 4.69) is 10.6 Å². The SMILES string of the molecule is CC1(C)[C@H](CNC(=O)[C@@H]2CCCN2C(=O)CNc2ccccc2C(=[NH2+])C(N)=O)C1(Cl)Cl.